The van der Waals surface area contributed by atoms with Gasteiger partial charge in [0.2, 0.25) is 0 Å². The second kappa shape index (κ2) is 12.5. The van der Waals surface area contributed by atoms with E-state index in [9.17, 15) is 30.0 Å². The standard InChI is InChI=1S/C28H37N5O8S2/c1-2-40-19(35)12-32-25(39)20-16-6-9-28(7-4-3-5-8-28)10-18(16)43-24(20)29-27(32)42-14-15-11-33(31-30-15)26-23(38)22(37)21(36)17(13-34)41-26/h11,17,21-23,26,34,36-38H,2-10,12-14H2,1H3/t17-,21-,22+,23-,26-/m1/s1. The first-order chi connectivity index (χ1) is 20.7. The number of hydrogen-bond acceptors (Lipinski definition) is 13. The summed E-state index contributed by atoms with van der Waals surface area (Å²) in [7, 11) is 0. The molecular formula is C28H37N5O8S2. The van der Waals surface area contributed by atoms with E-state index in [-0.39, 0.29) is 24.5 Å². The Morgan fingerprint density at radius 3 is 2.72 bits per heavy atom. The molecule has 0 radical (unpaired) electrons. The molecule has 0 bridgehead atoms. The predicted octanol–water partition coefficient (Wildman–Crippen LogP) is 1.32. The number of nitrogens with zero attached hydrogens (tertiary/aromatic N) is 5. The number of aryl methyl sites for hydroxylation is 1. The molecular weight excluding hydrogens is 598 g/mol. The van der Waals surface area contributed by atoms with Crippen molar-refractivity contribution in [3.63, 3.8) is 0 Å². The number of fused-ring (bicyclic) bond motifs is 3. The smallest absolute Gasteiger partial charge is 0.326 e. The van der Waals surface area contributed by atoms with Gasteiger partial charge in [-0.3, -0.25) is 14.2 Å². The number of aliphatic hydroxyl groups excluding tert-OH is 4. The molecule has 1 saturated heterocycles. The molecule has 1 aliphatic heterocycles. The van der Waals surface area contributed by atoms with Gasteiger partial charge in [-0.2, -0.15) is 0 Å². The topological polar surface area (TPSA) is 182 Å². The Morgan fingerprint density at radius 2 is 1.98 bits per heavy atom. The van der Waals surface area contributed by atoms with Crippen LogP contribution in [0.3, 0.4) is 0 Å². The number of thioether (sulfide) groups is 1. The molecule has 13 nitrogen and oxygen atoms in total. The predicted molar refractivity (Wildman–Crippen MR) is 157 cm³/mol. The Bertz CT molecular complexity index is 1530. The van der Waals surface area contributed by atoms with E-state index in [0.717, 1.165) is 24.8 Å². The molecule has 0 unspecified atom stereocenters. The lowest BCUT2D eigenvalue weighted by Crippen LogP contribution is -2.56. The van der Waals surface area contributed by atoms with E-state index >= 15 is 0 Å². The minimum Gasteiger partial charge on any atom is -0.465 e. The fraction of sp³-hybridized carbons (Fsp3) is 0.679. The number of hydrogen-bond donors (Lipinski definition) is 4. The van der Waals surface area contributed by atoms with Crippen LogP contribution < -0.4 is 5.56 Å². The molecule has 3 aliphatic rings. The number of esters is 1. The van der Waals surface area contributed by atoms with Crippen LogP contribution in [-0.4, -0.2) is 88.6 Å². The molecule has 5 atom stereocenters. The van der Waals surface area contributed by atoms with Crippen LogP contribution in [0.5, 0.6) is 0 Å². The van der Waals surface area contributed by atoms with Gasteiger partial charge in [-0.05, 0) is 50.0 Å². The third-order valence-corrected chi connectivity index (χ3v) is 11.1. The summed E-state index contributed by atoms with van der Waals surface area (Å²) in [5, 5.41) is 49.2. The normalized spacial score (nSPS) is 27.0. The molecule has 6 rings (SSSR count). The SMILES string of the molecule is CCOC(=O)Cn1c(SCc2cn([C@@H]3O[C@H](CO)[C@@H](O)[C@H](O)[C@H]3O)nn2)nc2sc3c(c2c1=O)CCC1(CCCCC1)C3. The number of aromatic nitrogens is 5. The van der Waals surface area contributed by atoms with Crippen LogP contribution in [0.25, 0.3) is 10.2 Å². The molecule has 3 aromatic rings. The van der Waals surface area contributed by atoms with E-state index in [1.54, 1.807) is 18.3 Å². The Kier molecular flexibility index (Phi) is 8.93. The molecule has 1 spiro atoms. The van der Waals surface area contributed by atoms with Crippen molar-refractivity contribution >= 4 is 39.3 Å². The van der Waals surface area contributed by atoms with Gasteiger partial charge in [0, 0.05) is 10.6 Å². The molecule has 234 valence electrons. The second-order valence-electron chi connectivity index (χ2n) is 11.7. The van der Waals surface area contributed by atoms with Gasteiger partial charge in [0.25, 0.3) is 5.56 Å². The van der Waals surface area contributed by atoms with Gasteiger partial charge in [0.1, 0.15) is 35.8 Å². The number of rotatable bonds is 8. The summed E-state index contributed by atoms with van der Waals surface area (Å²) in [4.78, 5) is 33.3. The highest BCUT2D eigenvalue weighted by atomic mass is 32.2. The minimum absolute atomic E-state index is 0.197. The highest BCUT2D eigenvalue weighted by Gasteiger charge is 2.45. The van der Waals surface area contributed by atoms with Gasteiger partial charge in [0.15, 0.2) is 11.4 Å². The van der Waals surface area contributed by atoms with Gasteiger partial charge < -0.3 is 29.9 Å². The molecule has 2 aliphatic carbocycles. The molecule has 4 N–H and O–H groups in total. The van der Waals surface area contributed by atoms with Gasteiger partial charge in [-0.15, -0.1) is 16.4 Å². The average Bonchev–Trinajstić information content (AvgIpc) is 3.61. The van der Waals surface area contributed by atoms with Crippen molar-refractivity contribution in [3.8, 4) is 0 Å². The average molecular weight is 636 g/mol. The van der Waals surface area contributed by atoms with Crippen LogP contribution in [-0.2, 0) is 39.4 Å². The summed E-state index contributed by atoms with van der Waals surface area (Å²) in [6, 6.07) is 0. The maximum Gasteiger partial charge on any atom is 0.326 e. The van der Waals surface area contributed by atoms with E-state index in [1.807, 2.05) is 0 Å². The van der Waals surface area contributed by atoms with Crippen molar-refractivity contribution in [1.29, 1.82) is 0 Å². The van der Waals surface area contributed by atoms with Crippen LogP contribution in [0, 0.1) is 5.41 Å². The van der Waals surface area contributed by atoms with Gasteiger partial charge in [-0.25, -0.2) is 9.67 Å². The zero-order valence-corrected chi connectivity index (χ0v) is 25.6. The maximum atomic E-state index is 13.9. The molecule has 1 saturated carbocycles. The van der Waals surface area contributed by atoms with Crippen LogP contribution in [0.4, 0.5) is 0 Å². The summed E-state index contributed by atoms with van der Waals surface area (Å²) < 4.78 is 13.3. The molecule has 4 heterocycles. The summed E-state index contributed by atoms with van der Waals surface area (Å²) in [6.45, 7) is 1.10. The van der Waals surface area contributed by atoms with Crippen LogP contribution in [0.2, 0.25) is 0 Å². The van der Waals surface area contributed by atoms with Gasteiger partial charge >= 0.3 is 5.97 Å². The molecule has 15 heteroatoms. The van der Waals surface area contributed by atoms with E-state index in [0.29, 0.717) is 26.5 Å². The Hall–Kier alpha value is -2.40. The van der Waals surface area contributed by atoms with Crippen LogP contribution >= 0.6 is 23.1 Å². The van der Waals surface area contributed by atoms with Crippen LogP contribution in [0.15, 0.2) is 16.1 Å². The largest absolute Gasteiger partial charge is 0.465 e. The van der Waals surface area contributed by atoms with Crippen molar-refractivity contribution in [1.82, 2.24) is 24.5 Å². The first-order valence-corrected chi connectivity index (χ1v) is 16.6. The fourth-order valence-corrected chi connectivity index (χ4v) is 8.96. The van der Waals surface area contributed by atoms with E-state index in [1.165, 1.54) is 64.2 Å². The van der Waals surface area contributed by atoms with E-state index < -0.39 is 43.2 Å². The monoisotopic (exact) mass is 635 g/mol. The number of carbonyl (C=O) groups is 1. The highest BCUT2D eigenvalue weighted by Crippen LogP contribution is 2.49. The summed E-state index contributed by atoms with van der Waals surface area (Å²) in [5.74, 6) is -0.293. The molecule has 3 aromatic heterocycles. The molecule has 0 amide bonds. The number of carbonyl (C=O) groups excluding carboxylic acids is 1. The lowest BCUT2D eigenvalue weighted by Gasteiger charge is -2.40. The summed E-state index contributed by atoms with van der Waals surface area (Å²) >= 11 is 2.81. The number of aliphatic hydroxyl groups is 4. The Morgan fingerprint density at radius 1 is 1.19 bits per heavy atom. The van der Waals surface area contributed by atoms with Crippen molar-refractivity contribution in [2.45, 2.75) is 106 Å². The van der Waals surface area contributed by atoms with E-state index in [2.05, 4.69) is 10.3 Å². The highest BCUT2D eigenvalue weighted by molar-refractivity contribution is 7.98. The number of ether oxygens (including phenoxy) is 2. The summed E-state index contributed by atoms with van der Waals surface area (Å²) in [5.41, 5.74) is 1.61. The van der Waals surface area contributed by atoms with Gasteiger partial charge in [-0.1, -0.05) is 36.2 Å². The van der Waals surface area contributed by atoms with Crippen molar-refractivity contribution in [2.75, 3.05) is 13.2 Å². The van der Waals surface area contributed by atoms with Crippen LogP contribution in [0.1, 0.15) is 67.8 Å². The Balaban J connectivity index is 1.27. The first kappa shape index (κ1) is 30.6. The summed E-state index contributed by atoms with van der Waals surface area (Å²) in [6.07, 6.45) is 3.88. The number of thiophene rings is 1. The zero-order valence-electron chi connectivity index (χ0n) is 23.9. The fourth-order valence-electron chi connectivity index (χ4n) is 6.65. The molecule has 0 aromatic carbocycles. The van der Waals surface area contributed by atoms with Gasteiger partial charge in [0.05, 0.1) is 30.5 Å². The maximum absolute atomic E-state index is 13.9. The minimum atomic E-state index is -1.55. The Labute approximate surface area is 255 Å². The third kappa shape index (κ3) is 5.88. The lowest BCUT2D eigenvalue weighted by atomic mass is 9.65. The molecule has 2 fully saturated rings. The second-order valence-corrected chi connectivity index (χ2v) is 13.7. The van der Waals surface area contributed by atoms with Crippen molar-refractivity contribution in [3.05, 3.63) is 32.7 Å². The lowest BCUT2D eigenvalue weighted by molar-refractivity contribution is -0.254. The molecule has 43 heavy (non-hydrogen) atoms. The van der Waals surface area contributed by atoms with Crippen molar-refractivity contribution in [2.24, 2.45) is 5.41 Å². The van der Waals surface area contributed by atoms with E-state index in [4.69, 9.17) is 14.5 Å². The first-order valence-electron chi connectivity index (χ1n) is 14.8. The quantitative estimate of drug-likeness (QED) is 0.159. The zero-order chi connectivity index (χ0) is 30.3. The third-order valence-electron chi connectivity index (χ3n) is 8.94. The van der Waals surface area contributed by atoms with Crippen molar-refractivity contribution < 1.29 is 34.7 Å².